The molecule has 0 spiro atoms. The van der Waals surface area contributed by atoms with E-state index in [0.29, 0.717) is 11.6 Å². The van der Waals surface area contributed by atoms with Crippen molar-refractivity contribution < 1.29 is 28.0 Å². The van der Waals surface area contributed by atoms with E-state index in [1.807, 2.05) is 0 Å². The van der Waals surface area contributed by atoms with Crippen molar-refractivity contribution >= 4 is 17.5 Å². The molecule has 0 saturated heterocycles. The summed E-state index contributed by atoms with van der Waals surface area (Å²) < 4.78 is 38.5. The number of hydrogen-bond donors (Lipinski definition) is 2. The fourth-order valence-corrected chi connectivity index (χ4v) is 2.69. The molecule has 148 valence electrons. The molecule has 2 amide bonds. The fraction of sp³-hybridized carbons (Fsp3) is 0.0476. The maximum absolute atomic E-state index is 12.8. The van der Waals surface area contributed by atoms with E-state index < -0.39 is 23.6 Å². The van der Waals surface area contributed by atoms with Crippen molar-refractivity contribution in [3.05, 3.63) is 89.5 Å². The van der Waals surface area contributed by atoms with Crippen LogP contribution in [-0.2, 0) is 6.18 Å². The zero-order valence-electron chi connectivity index (χ0n) is 14.9. The van der Waals surface area contributed by atoms with Crippen molar-refractivity contribution in [2.45, 2.75) is 6.18 Å². The first-order chi connectivity index (χ1) is 13.7. The minimum atomic E-state index is -4.59. The topological polar surface area (TPSA) is 83.6 Å². The molecule has 3 aromatic carbocycles. The molecule has 0 atom stereocenters. The molecular formula is C21H15F3N2O3. The Bertz CT molecular complexity index is 1050. The lowest BCUT2D eigenvalue weighted by Crippen LogP contribution is -2.27. The van der Waals surface area contributed by atoms with Gasteiger partial charge in [0.25, 0.3) is 5.91 Å². The van der Waals surface area contributed by atoms with E-state index in [2.05, 4.69) is 0 Å². The summed E-state index contributed by atoms with van der Waals surface area (Å²) in [6.45, 7) is 0. The van der Waals surface area contributed by atoms with Crippen LogP contribution in [0.25, 0.3) is 11.1 Å². The summed E-state index contributed by atoms with van der Waals surface area (Å²) in [6, 6.07) is 16.5. The van der Waals surface area contributed by atoms with Gasteiger partial charge in [0.15, 0.2) is 0 Å². The molecule has 0 heterocycles. The standard InChI is InChI=1S/C21H15F3N2O3/c22-21(23,24)17-2-1-3-18(12-17)26(29)20(28)16-10-6-14(7-11-16)13-4-8-15(9-5-13)19(25)27/h1-12,29H,(H2,25,27). The Balaban J connectivity index is 1.80. The number of hydrogen-bond acceptors (Lipinski definition) is 3. The van der Waals surface area contributed by atoms with Crippen LogP contribution in [0.4, 0.5) is 18.9 Å². The number of benzene rings is 3. The van der Waals surface area contributed by atoms with Crippen LogP contribution in [0, 0.1) is 0 Å². The summed E-state index contributed by atoms with van der Waals surface area (Å²) in [5.41, 5.74) is 5.88. The molecule has 0 fully saturated rings. The van der Waals surface area contributed by atoms with Crippen molar-refractivity contribution in [1.29, 1.82) is 0 Å². The van der Waals surface area contributed by atoms with E-state index in [1.54, 1.807) is 36.4 Å². The van der Waals surface area contributed by atoms with Crippen LogP contribution in [0.3, 0.4) is 0 Å². The second-order valence-corrected chi connectivity index (χ2v) is 6.18. The number of halogens is 3. The molecule has 0 aliphatic carbocycles. The van der Waals surface area contributed by atoms with Crippen molar-refractivity contribution in [1.82, 2.24) is 0 Å². The van der Waals surface area contributed by atoms with Gasteiger partial charge in [0.2, 0.25) is 5.91 Å². The van der Waals surface area contributed by atoms with E-state index in [-0.39, 0.29) is 16.3 Å². The molecule has 0 aliphatic heterocycles. The van der Waals surface area contributed by atoms with E-state index in [0.717, 1.165) is 23.3 Å². The van der Waals surface area contributed by atoms with Crippen molar-refractivity contribution in [2.75, 3.05) is 5.06 Å². The van der Waals surface area contributed by atoms with Crippen LogP contribution >= 0.6 is 0 Å². The minimum absolute atomic E-state index is 0.0856. The number of carbonyl (C=O) groups excluding carboxylic acids is 2. The van der Waals surface area contributed by atoms with Crippen LogP contribution in [-0.4, -0.2) is 17.0 Å². The SMILES string of the molecule is NC(=O)c1ccc(-c2ccc(C(=O)N(O)c3cccc(C(F)(F)F)c3)cc2)cc1. The summed E-state index contributed by atoms with van der Waals surface area (Å²) in [7, 11) is 0. The van der Waals surface area contributed by atoms with Gasteiger partial charge in [-0.15, -0.1) is 0 Å². The Labute approximate surface area is 163 Å². The van der Waals surface area contributed by atoms with E-state index in [1.165, 1.54) is 18.2 Å². The number of carbonyl (C=O) groups is 2. The lowest BCUT2D eigenvalue weighted by molar-refractivity contribution is -0.137. The smallest absolute Gasteiger partial charge is 0.366 e. The molecule has 0 aliphatic rings. The van der Waals surface area contributed by atoms with Crippen molar-refractivity contribution in [3.63, 3.8) is 0 Å². The average molecular weight is 400 g/mol. The first kappa shape index (κ1) is 20.1. The highest BCUT2D eigenvalue weighted by molar-refractivity contribution is 6.04. The van der Waals surface area contributed by atoms with Gasteiger partial charge in [0.1, 0.15) is 0 Å². The van der Waals surface area contributed by atoms with Gasteiger partial charge in [0, 0.05) is 11.1 Å². The number of amides is 2. The largest absolute Gasteiger partial charge is 0.416 e. The molecule has 3 N–H and O–H groups in total. The average Bonchev–Trinajstić information content (AvgIpc) is 2.72. The van der Waals surface area contributed by atoms with Crippen molar-refractivity contribution in [3.8, 4) is 11.1 Å². The highest BCUT2D eigenvalue weighted by atomic mass is 19.4. The van der Waals surface area contributed by atoms with Crippen LogP contribution < -0.4 is 10.8 Å². The number of hydroxylamine groups is 1. The summed E-state index contributed by atoms with van der Waals surface area (Å²) in [6.07, 6.45) is -4.59. The van der Waals surface area contributed by atoms with Gasteiger partial charge >= 0.3 is 6.18 Å². The van der Waals surface area contributed by atoms with Crippen molar-refractivity contribution in [2.24, 2.45) is 5.73 Å². The number of nitrogens with zero attached hydrogens (tertiary/aromatic N) is 1. The summed E-state index contributed by atoms with van der Waals surface area (Å²) >= 11 is 0. The molecule has 3 aromatic rings. The zero-order chi connectivity index (χ0) is 21.2. The van der Waals surface area contributed by atoms with Gasteiger partial charge < -0.3 is 5.73 Å². The second-order valence-electron chi connectivity index (χ2n) is 6.18. The molecule has 0 radical (unpaired) electrons. The maximum Gasteiger partial charge on any atom is 0.416 e. The van der Waals surface area contributed by atoms with Crippen LogP contribution in [0.5, 0.6) is 0 Å². The quantitative estimate of drug-likeness (QED) is 0.499. The predicted molar refractivity (Wildman–Crippen MR) is 100 cm³/mol. The van der Waals surface area contributed by atoms with E-state index in [9.17, 15) is 28.0 Å². The highest BCUT2D eigenvalue weighted by Crippen LogP contribution is 2.31. The first-order valence-corrected chi connectivity index (χ1v) is 8.38. The lowest BCUT2D eigenvalue weighted by Gasteiger charge is -2.17. The molecule has 0 unspecified atom stereocenters. The third kappa shape index (κ3) is 4.44. The second kappa shape index (κ2) is 7.76. The van der Waals surface area contributed by atoms with Gasteiger partial charge in [-0.05, 0) is 53.6 Å². The number of rotatable bonds is 4. The Morgan fingerprint density at radius 3 is 1.83 bits per heavy atom. The summed E-state index contributed by atoms with van der Waals surface area (Å²) in [5, 5.41) is 10.2. The van der Waals surface area contributed by atoms with Crippen LogP contribution in [0.1, 0.15) is 26.3 Å². The summed E-state index contributed by atoms with van der Waals surface area (Å²) in [4.78, 5) is 23.5. The maximum atomic E-state index is 12.8. The Morgan fingerprint density at radius 2 is 1.34 bits per heavy atom. The van der Waals surface area contributed by atoms with Gasteiger partial charge in [-0.1, -0.05) is 30.3 Å². The van der Waals surface area contributed by atoms with Crippen LogP contribution in [0.15, 0.2) is 72.8 Å². The lowest BCUT2D eigenvalue weighted by atomic mass is 10.0. The normalized spacial score (nSPS) is 11.2. The molecule has 0 saturated carbocycles. The highest BCUT2D eigenvalue weighted by Gasteiger charge is 2.31. The number of alkyl halides is 3. The first-order valence-electron chi connectivity index (χ1n) is 8.38. The number of nitrogens with two attached hydrogens (primary N) is 1. The van der Waals surface area contributed by atoms with Crippen LogP contribution in [0.2, 0.25) is 0 Å². The zero-order valence-corrected chi connectivity index (χ0v) is 14.9. The minimum Gasteiger partial charge on any atom is -0.366 e. The Hall–Kier alpha value is -3.65. The molecule has 0 bridgehead atoms. The third-order valence-corrected chi connectivity index (χ3v) is 4.25. The number of primary amides is 1. The molecule has 29 heavy (non-hydrogen) atoms. The monoisotopic (exact) mass is 400 g/mol. The Kier molecular flexibility index (Phi) is 5.38. The predicted octanol–water partition coefficient (Wildman–Crippen LogP) is 4.51. The Morgan fingerprint density at radius 1 is 0.828 bits per heavy atom. The summed E-state index contributed by atoms with van der Waals surface area (Å²) in [5.74, 6) is -1.42. The van der Waals surface area contributed by atoms with E-state index in [4.69, 9.17) is 5.73 Å². The molecule has 8 heteroatoms. The molecule has 5 nitrogen and oxygen atoms in total. The van der Waals surface area contributed by atoms with Gasteiger partial charge in [-0.3, -0.25) is 14.8 Å². The third-order valence-electron chi connectivity index (χ3n) is 4.25. The fourth-order valence-electron chi connectivity index (χ4n) is 2.69. The number of anilines is 1. The van der Waals surface area contributed by atoms with Gasteiger partial charge in [-0.25, -0.2) is 0 Å². The van der Waals surface area contributed by atoms with Gasteiger partial charge in [0.05, 0.1) is 11.3 Å². The van der Waals surface area contributed by atoms with Gasteiger partial charge in [-0.2, -0.15) is 18.2 Å². The van der Waals surface area contributed by atoms with E-state index >= 15 is 0 Å². The molecule has 0 aromatic heterocycles. The molecular weight excluding hydrogens is 385 g/mol. The molecule has 3 rings (SSSR count).